The van der Waals surface area contributed by atoms with E-state index in [0.29, 0.717) is 31.0 Å². The predicted molar refractivity (Wildman–Crippen MR) is 104 cm³/mol. The number of aromatic amines is 1. The summed E-state index contributed by atoms with van der Waals surface area (Å²) in [4.78, 5) is 36.4. The summed E-state index contributed by atoms with van der Waals surface area (Å²) in [5.74, 6) is 0.622. The van der Waals surface area contributed by atoms with Gasteiger partial charge >= 0.3 is 0 Å². The highest BCUT2D eigenvalue weighted by Crippen LogP contribution is 2.19. The largest absolute Gasteiger partial charge is 0.378 e. The number of aromatic nitrogens is 2. The molecule has 0 aliphatic carbocycles. The molecule has 2 amide bonds. The van der Waals surface area contributed by atoms with Gasteiger partial charge in [-0.25, -0.2) is 4.98 Å². The van der Waals surface area contributed by atoms with Crippen LogP contribution < -0.4 is 10.2 Å². The van der Waals surface area contributed by atoms with Crippen molar-refractivity contribution in [2.75, 3.05) is 44.3 Å². The lowest BCUT2D eigenvalue weighted by Crippen LogP contribution is -2.37. The Morgan fingerprint density at radius 1 is 1.18 bits per heavy atom. The van der Waals surface area contributed by atoms with Crippen LogP contribution in [-0.4, -0.2) is 66.1 Å². The molecule has 28 heavy (non-hydrogen) atoms. The monoisotopic (exact) mass is 383 g/mol. The van der Waals surface area contributed by atoms with Crippen LogP contribution in [0.5, 0.6) is 0 Å². The van der Waals surface area contributed by atoms with Gasteiger partial charge in [-0.2, -0.15) is 0 Å². The molecular formula is C20H25N5O3. The van der Waals surface area contributed by atoms with Crippen molar-refractivity contribution in [1.82, 2.24) is 20.2 Å². The second-order valence-corrected chi connectivity index (χ2v) is 7.07. The van der Waals surface area contributed by atoms with E-state index in [9.17, 15) is 9.59 Å². The summed E-state index contributed by atoms with van der Waals surface area (Å²) >= 11 is 0. The van der Waals surface area contributed by atoms with Crippen molar-refractivity contribution in [3.8, 4) is 0 Å². The van der Waals surface area contributed by atoms with Crippen molar-refractivity contribution >= 4 is 17.6 Å². The van der Waals surface area contributed by atoms with E-state index < -0.39 is 0 Å². The molecule has 2 aliphatic rings. The Morgan fingerprint density at radius 2 is 1.96 bits per heavy atom. The molecule has 2 N–H and O–H groups in total. The first-order valence-electron chi connectivity index (χ1n) is 9.75. The fraction of sp³-hybridized carbons (Fsp3) is 0.450. The molecule has 0 radical (unpaired) electrons. The van der Waals surface area contributed by atoms with Crippen LogP contribution in [0.2, 0.25) is 0 Å². The van der Waals surface area contributed by atoms with Gasteiger partial charge in [0.25, 0.3) is 11.8 Å². The Morgan fingerprint density at radius 3 is 2.75 bits per heavy atom. The highest BCUT2D eigenvalue weighted by atomic mass is 16.5. The van der Waals surface area contributed by atoms with Crippen molar-refractivity contribution in [2.45, 2.75) is 19.4 Å². The molecule has 0 saturated carbocycles. The summed E-state index contributed by atoms with van der Waals surface area (Å²) in [7, 11) is 0. The first-order valence-corrected chi connectivity index (χ1v) is 9.75. The number of amides is 2. The minimum Gasteiger partial charge on any atom is -0.378 e. The van der Waals surface area contributed by atoms with E-state index in [4.69, 9.17) is 4.74 Å². The normalized spacial score (nSPS) is 17.0. The van der Waals surface area contributed by atoms with E-state index >= 15 is 0 Å². The number of nitrogens with zero attached hydrogens (tertiary/aromatic N) is 3. The zero-order chi connectivity index (χ0) is 19.3. The Kier molecular flexibility index (Phi) is 5.57. The molecule has 0 bridgehead atoms. The second kappa shape index (κ2) is 8.43. The maximum Gasteiger partial charge on any atom is 0.270 e. The molecule has 2 aromatic rings. The van der Waals surface area contributed by atoms with Crippen LogP contribution in [0.4, 0.5) is 5.82 Å². The van der Waals surface area contributed by atoms with Gasteiger partial charge in [0.2, 0.25) is 0 Å². The Balaban J connectivity index is 1.39. The van der Waals surface area contributed by atoms with Crippen molar-refractivity contribution in [1.29, 1.82) is 0 Å². The third-order valence-electron chi connectivity index (χ3n) is 5.19. The Labute approximate surface area is 163 Å². The summed E-state index contributed by atoms with van der Waals surface area (Å²) in [5.41, 5.74) is 1.88. The molecule has 0 unspecified atom stereocenters. The molecule has 2 aliphatic heterocycles. The molecule has 8 nitrogen and oxygen atoms in total. The van der Waals surface area contributed by atoms with Gasteiger partial charge in [0.1, 0.15) is 11.5 Å². The SMILES string of the molecule is O=C(NCc1cccnc1N1CCOCC1)c1c[nH]c(C(=O)N2CCCC2)c1. The van der Waals surface area contributed by atoms with Crippen LogP contribution in [0, 0.1) is 0 Å². The lowest BCUT2D eigenvalue weighted by atomic mass is 10.2. The number of carbonyl (C=O) groups is 2. The second-order valence-electron chi connectivity index (χ2n) is 7.07. The number of H-pyrrole nitrogens is 1. The molecule has 0 aromatic carbocycles. The average Bonchev–Trinajstić information content (AvgIpc) is 3.45. The minimum absolute atomic E-state index is 0.0431. The van der Waals surface area contributed by atoms with Gasteiger partial charge in [-0.15, -0.1) is 0 Å². The Hall–Kier alpha value is -2.87. The molecule has 148 valence electrons. The van der Waals surface area contributed by atoms with Crippen LogP contribution >= 0.6 is 0 Å². The highest BCUT2D eigenvalue weighted by Gasteiger charge is 2.22. The van der Waals surface area contributed by atoms with E-state index in [2.05, 4.69) is 20.2 Å². The maximum absolute atomic E-state index is 12.6. The molecule has 8 heteroatoms. The number of hydrogen-bond acceptors (Lipinski definition) is 5. The first-order chi connectivity index (χ1) is 13.7. The fourth-order valence-electron chi connectivity index (χ4n) is 3.65. The average molecular weight is 383 g/mol. The van der Waals surface area contributed by atoms with Crippen molar-refractivity contribution in [2.24, 2.45) is 0 Å². The van der Waals surface area contributed by atoms with Crippen molar-refractivity contribution in [3.05, 3.63) is 47.4 Å². The molecule has 2 fully saturated rings. The molecule has 0 atom stereocenters. The van der Waals surface area contributed by atoms with Crippen LogP contribution in [0.3, 0.4) is 0 Å². The number of hydrogen-bond donors (Lipinski definition) is 2. The lowest BCUT2D eigenvalue weighted by Gasteiger charge is -2.29. The van der Waals surface area contributed by atoms with Crippen LogP contribution in [0.1, 0.15) is 39.3 Å². The van der Waals surface area contributed by atoms with Gasteiger partial charge in [0, 0.05) is 50.7 Å². The summed E-state index contributed by atoms with van der Waals surface area (Å²) in [6.07, 6.45) is 5.43. The van der Waals surface area contributed by atoms with Gasteiger partial charge < -0.3 is 24.8 Å². The number of anilines is 1. The number of nitrogens with one attached hydrogen (secondary N) is 2. The maximum atomic E-state index is 12.6. The number of pyridine rings is 1. The topological polar surface area (TPSA) is 90.6 Å². The number of carbonyl (C=O) groups excluding carboxylic acids is 2. The van der Waals surface area contributed by atoms with E-state index in [1.54, 1.807) is 18.5 Å². The Bertz CT molecular complexity index is 838. The standard InChI is InChI=1S/C20H25N5O3/c26-19(16-12-17(22-14-16)20(27)25-6-1-2-7-25)23-13-15-4-3-5-21-18(15)24-8-10-28-11-9-24/h3-5,12,14,22H,1-2,6-11,13H2,(H,23,26). The van der Waals surface area contributed by atoms with Gasteiger partial charge in [-0.3, -0.25) is 9.59 Å². The zero-order valence-corrected chi connectivity index (χ0v) is 15.8. The van der Waals surface area contributed by atoms with Crippen molar-refractivity contribution in [3.63, 3.8) is 0 Å². The van der Waals surface area contributed by atoms with Crippen LogP contribution in [0.25, 0.3) is 0 Å². The zero-order valence-electron chi connectivity index (χ0n) is 15.8. The molecule has 0 spiro atoms. The summed E-state index contributed by atoms with van der Waals surface area (Å²) in [5, 5.41) is 2.93. The van der Waals surface area contributed by atoms with Crippen LogP contribution in [-0.2, 0) is 11.3 Å². The van der Waals surface area contributed by atoms with Crippen LogP contribution in [0.15, 0.2) is 30.6 Å². The van der Waals surface area contributed by atoms with Gasteiger partial charge in [-0.05, 0) is 25.0 Å². The quantitative estimate of drug-likeness (QED) is 0.815. The van der Waals surface area contributed by atoms with E-state index in [-0.39, 0.29) is 11.8 Å². The van der Waals surface area contributed by atoms with E-state index in [0.717, 1.165) is 50.4 Å². The van der Waals surface area contributed by atoms with E-state index in [1.165, 1.54) is 0 Å². The smallest absolute Gasteiger partial charge is 0.270 e. The number of morpholine rings is 1. The molecule has 2 aromatic heterocycles. The van der Waals surface area contributed by atoms with Crippen molar-refractivity contribution < 1.29 is 14.3 Å². The van der Waals surface area contributed by atoms with Gasteiger partial charge in [0.15, 0.2) is 0 Å². The third-order valence-corrected chi connectivity index (χ3v) is 5.19. The molecular weight excluding hydrogens is 358 g/mol. The highest BCUT2D eigenvalue weighted by molar-refractivity contribution is 5.99. The van der Waals surface area contributed by atoms with Gasteiger partial charge in [0.05, 0.1) is 18.8 Å². The first kappa shape index (κ1) is 18.5. The molecule has 2 saturated heterocycles. The van der Waals surface area contributed by atoms with E-state index in [1.807, 2.05) is 17.0 Å². The fourth-order valence-corrected chi connectivity index (χ4v) is 3.65. The molecule has 4 heterocycles. The number of ether oxygens (including phenoxy) is 1. The molecule has 4 rings (SSSR count). The number of likely N-dealkylation sites (tertiary alicyclic amines) is 1. The predicted octanol–water partition coefficient (Wildman–Crippen LogP) is 1.41. The third kappa shape index (κ3) is 4.01. The number of rotatable bonds is 5. The van der Waals surface area contributed by atoms with Gasteiger partial charge in [-0.1, -0.05) is 6.07 Å². The lowest BCUT2D eigenvalue weighted by molar-refractivity contribution is 0.0787. The summed E-state index contributed by atoms with van der Waals surface area (Å²) in [6, 6.07) is 5.47. The minimum atomic E-state index is -0.214. The summed E-state index contributed by atoms with van der Waals surface area (Å²) in [6.45, 7) is 4.88. The summed E-state index contributed by atoms with van der Waals surface area (Å²) < 4.78 is 5.40.